The average Bonchev–Trinajstić information content (AvgIpc) is 2.73. The van der Waals surface area contributed by atoms with Crippen molar-refractivity contribution in [3.8, 4) is 0 Å². The monoisotopic (exact) mass is 358 g/mol. The van der Waals surface area contributed by atoms with Gasteiger partial charge in [0, 0.05) is 23.4 Å². The van der Waals surface area contributed by atoms with E-state index in [-0.39, 0.29) is 5.91 Å². The van der Waals surface area contributed by atoms with Gasteiger partial charge in [0.25, 0.3) is 5.91 Å². The van der Waals surface area contributed by atoms with Crippen molar-refractivity contribution in [2.45, 2.75) is 12.8 Å². The van der Waals surface area contributed by atoms with E-state index in [0.29, 0.717) is 16.8 Å². The normalized spacial score (nSPS) is 10.2. The smallest absolute Gasteiger partial charge is 0.255 e. The number of anilines is 2. The van der Waals surface area contributed by atoms with Crippen molar-refractivity contribution in [2.75, 3.05) is 17.2 Å². The molecule has 3 rings (SSSR count). The van der Waals surface area contributed by atoms with E-state index in [0.717, 1.165) is 31.4 Å². The summed E-state index contributed by atoms with van der Waals surface area (Å²) in [5, 5.41) is 6.18. The first-order valence-corrected chi connectivity index (χ1v) is 9.00. The minimum atomic E-state index is -0.236. The lowest BCUT2D eigenvalue weighted by Gasteiger charge is -2.12. The molecule has 0 heterocycles. The van der Waals surface area contributed by atoms with Crippen LogP contribution in [0.3, 0.4) is 0 Å². The van der Waals surface area contributed by atoms with Gasteiger partial charge in [0.1, 0.15) is 0 Å². The van der Waals surface area contributed by atoms with Crippen LogP contribution in [0.4, 0.5) is 11.4 Å². The quantitative estimate of drug-likeness (QED) is 0.449. The number of aldehydes is 1. The van der Waals surface area contributed by atoms with Gasteiger partial charge >= 0.3 is 0 Å². The van der Waals surface area contributed by atoms with Gasteiger partial charge in [-0.05, 0) is 48.7 Å². The molecule has 0 spiro atoms. The lowest BCUT2D eigenvalue weighted by atomic mass is 10.1. The summed E-state index contributed by atoms with van der Waals surface area (Å²) in [6.45, 7) is 0.807. The third-order valence-corrected chi connectivity index (χ3v) is 4.28. The van der Waals surface area contributed by atoms with Crippen LogP contribution < -0.4 is 10.6 Å². The summed E-state index contributed by atoms with van der Waals surface area (Å²) < 4.78 is 0. The van der Waals surface area contributed by atoms with Crippen LogP contribution >= 0.6 is 0 Å². The zero-order valence-corrected chi connectivity index (χ0v) is 15.0. The number of aryl methyl sites for hydroxylation is 1. The summed E-state index contributed by atoms with van der Waals surface area (Å²) in [5.41, 5.74) is 3.69. The van der Waals surface area contributed by atoms with Gasteiger partial charge in [0.05, 0.1) is 5.69 Å². The van der Waals surface area contributed by atoms with E-state index in [9.17, 15) is 9.59 Å². The third kappa shape index (κ3) is 5.28. The highest BCUT2D eigenvalue weighted by Crippen LogP contribution is 2.21. The van der Waals surface area contributed by atoms with Crippen molar-refractivity contribution in [3.05, 3.63) is 95.6 Å². The molecule has 0 aliphatic rings. The van der Waals surface area contributed by atoms with Gasteiger partial charge in [-0.15, -0.1) is 0 Å². The second kappa shape index (κ2) is 9.34. The van der Waals surface area contributed by atoms with Crippen molar-refractivity contribution in [1.29, 1.82) is 0 Å². The first-order chi connectivity index (χ1) is 13.3. The van der Waals surface area contributed by atoms with E-state index >= 15 is 0 Å². The van der Waals surface area contributed by atoms with Crippen LogP contribution in [0.2, 0.25) is 0 Å². The molecule has 0 aliphatic heterocycles. The molecule has 0 aromatic heterocycles. The molecule has 0 saturated heterocycles. The molecule has 2 N–H and O–H groups in total. The van der Waals surface area contributed by atoms with Crippen molar-refractivity contribution in [1.82, 2.24) is 0 Å². The Bertz CT molecular complexity index is 893. The van der Waals surface area contributed by atoms with Gasteiger partial charge in [-0.1, -0.05) is 48.5 Å². The highest BCUT2D eigenvalue weighted by Gasteiger charge is 2.09. The maximum Gasteiger partial charge on any atom is 0.255 e. The SMILES string of the molecule is O=Cc1ccc(NCCCc2ccccc2)cc1NC(=O)c1ccccc1. The fourth-order valence-corrected chi connectivity index (χ4v) is 2.83. The summed E-state index contributed by atoms with van der Waals surface area (Å²) >= 11 is 0. The zero-order valence-electron chi connectivity index (χ0n) is 15.0. The van der Waals surface area contributed by atoms with Crippen LogP contribution in [0, 0.1) is 0 Å². The van der Waals surface area contributed by atoms with E-state index in [1.165, 1.54) is 5.56 Å². The summed E-state index contributed by atoms with van der Waals surface area (Å²) in [6, 6.07) is 24.7. The fourth-order valence-electron chi connectivity index (χ4n) is 2.83. The van der Waals surface area contributed by atoms with Crippen LogP contribution in [0.15, 0.2) is 78.9 Å². The van der Waals surface area contributed by atoms with Gasteiger partial charge in [-0.3, -0.25) is 9.59 Å². The molecular formula is C23H22N2O2. The number of benzene rings is 3. The third-order valence-electron chi connectivity index (χ3n) is 4.28. The standard InChI is InChI=1S/C23H22N2O2/c26-17-20-13-14-21(24-15-7-10-18-8-3-1-4-9-18)16-22(20)25-23(27)19-11-5-2-6-12-19/h1-6,8-9,11-14,16-17,24H,7,10,15H2,(H,25,27). The van der Waals surface area contributed by atoms with Crippen LogP contribution in [-0.4, -0.2) is 18.7 Å². The van der Waals surface area contributed by atoms with Crippen LogP contribution in [0.1, 0.15) is 32.7 Å². The van der Waals surface area contributed by atoms with Crippen LogP contribution in [0.25, 0.3) is 0 Å². The van der Waals surface area contributed by atoms with E-state index in [1.807, 2.05) is 30.3 Å². The fraction of sp³-hybridized carbons (Fsp3) is 0.130. The lowest BCUT2D eigenvalue weighted by molar-refractivity contribution is 0.102. The molecule has 0 saturated carbocycles. The molecule has 0 radical (unpaired) electrons. The molecule has 0 fully saturated rings. The van der Waals surface area contributed by atoms with E-state index in [4.69, 9.17) is 0 Å². The summed E-state index contributed by atoms with van der Waals surface area (Å²) in [5.74, 6) is -0.236. The topological polar surface area (TPSA) is 58.2 Å². The number of hydrogen-bond acceptors (Lipinski definition) is 3. The maximum absolute atomic E-state index is 12.4. The minimum absolute atomic E-state index is 0.236. The van der Waals surface area contributed by atoms with Crippen LogP contribution in [0.5, 0.6) is 0 Å². The predicted octanol–water partition coefficient (Wildman–Crippen LogP) is 4.80. The second-order valence-corrected chi connectivity index (χ2v) is 6.26. The van der Waals surface area contributed by atoms with Gasteiger partial charge in [0.15, 0.2) is 6.29 Å². The molecule has 136 valence electrons. The molecule has 3 aromatic carbocycles. The van der Waals surface area contributed by atoms with Crippen molar-refractivity contribution >= 4 is 23.6 Å². The number of rotatable bonds is 8. The number of hydrogen-bond donors (Lipinski definition) is 2. The summed E-state index contributed by atoms with van der Waals surface area (Å²) in [6.07, 6.45) is 2.74. The van der Waals surface area contributed by atoms with Crippen molar-refractivity contribution in [3.63, 3.8) is 0 Å². The Hall–Kier alpha value is -3.40. The molecule has 4 nitrogen and oxygen atoms in total. The first kappa shape index (κ1) is 18.4. The van der Waals surface area contributed by atoms with Gasteiger partial charge < -0.3 is 10.6 Å². The van der Waals surface area contributed by atoms with E-state index < -0.39 is 0 Å². The largest absolute Gasteiger partial charge is 0.385 e. The first-order valence-electron chi connectivity index (χ1n) is 9.00. The lowest BCUT2D eigenvalue weighted by Crippen LogP contribution is -2.13. The molecule has 0 unspecified atom stereocenters. The molecule has 3 aromatic rings. The summed E-state index contributed by atoms with van der Waals surface area (Å²) in [4.78, 5) is 23.7. The number of carbonyl (C=O) groups excluding carboxylic acids is 2. The van der Waals surface area contributed by atoms with Crippen molar-refractivity contribution < 1.29 is 9.59 Å². The molecule has 1 amide bonds. The Morgan fingerprint density at radius 3 is 2.30 bits per heavy atom. The Labute approximate surface area is 159 Å². The van der Waals surface area contributed by atoms with E-state index in [1.54, 1.807) is 36.4 Å². The van der Waals surface area contributed by atoms with Crippen molar-refractivity contribution in [2.24, 2.45) is 0 Å². The van der Waals surface area contributed by atoms with Gasteiger partial charge in [-0.2, -0.15) is 0 Å². The van der Waals surface area contributed by atoms with Crippen LogP contribution in [-0.2, 0) is 6.42 Å². The Morgan fingerprint density at radius 1 is 0.889 bits per heavy atom. The predicted molar refractivity (Wildman–Crippen MR) is 109 cm³/mol. The van der Waals surface area contributed by atoms with E-state index in [2.05, 4.69) is 22.8 Å². The average molecular weight is 358 g/mol. The minimum Gasteiger partial charge on any atom is -0.385 e. The zero-order chi connectivity index (χ0) is 18.9. The number of carbonyl (C=O) groups is 2. The molecule has 0 atom stereocenters. The molecular weight excluding hydrogens is 336 g/mol. The molecule has 0 bridgehead atoms. The van der Waals surface area contributed by atoms with Gasteiger partial charge in [-0.25, -0.2) is 0 Å². The van der Waals surface area contributed by atoms with Gasteiger partial charge in [0.2, 0.25) is 0 Å². The molecule has 4 heteroatoms. The highest BCUT2D eigenvalue weighted by molar-refractivity contribution is 6.06. The molecule has 27 heavy (non-hydrogen) atoms. The Balaban J connectivity index is 1.61. The highest BCUT2D eigenvalue weighted by atomic mass is 16.1. The maximum atomic E-state index is 12.4. The molecule has 0 aliphatic carbocycles. The number of amides is 1. The number of nitrogens with one attached hydrogen (secondary N) is 2. The Morgan fingerprint density at radius 2 is 1.59 bits per heavy atom. The summed E-state index contributed by atoms with van der Waals surface area (Å²) in [7, 11) is 0. The second-order valence-electron chi connectivity index (χ2n) is 6.26. The Kier molecular flexibility index (Phi) is 6.36.